The second kappa shape index (κ2) is 7.66. The Balaban J connectivity index is 2.06. The molecule has 1 amide bonds. The first-order valence-electron chi connectivity index (χ1n) is 6.18. The van der Waals surface area contributed by atoms with Crippen LogP contribution in [0.4, 0.5) is 11.4 Å². The first-order chi connectivity index (χ1) is 10.9. The molecule has 0 heterocycles. The van der Waals surface area contributed by atoms with Gasteiger partial charge >= 0.3 is 0 Å². The second-order valence-electron chi connectivity index (χ2n) is 4.34. The molecule has 0 aliphatic heterocycles. The maximum Gasteiger partial charge on any atom is 0.289 e. The van der Waals surface area contributed by atoms with Crippen LogP contribution < -0.4 is 10.6 Å². The molecular weight excluding hydrogens is 453 g/mol. The number of thiocarbonyl (C=S) groups is 1. The molecule has 9 heteroatoms. The molecule has 118 valence electrons. The van der Waals surface area contributed by atoms with Crippen LogP contribution in [0.1, 0.15) is 10.4 Å². The zero-order chi connectivity index (χ0) is 17.0. The highest BCUT2D eigenvalue weighted by atomic mass is 127. The van der Waals surface area contributed by atoms with E-state index in [0.29, 0.717) is 11.3 Å². The van der Waals surface area contributed by atoms with E-state index in [9.17, 15) is 14.9 Å². The molecule has 6 nitrogen and oxygen atoms in total. The van der Waals surface area contributed by atoms with Crippen molar-refractivity contribution in [3.05, 3.63) is 66.7 Å². The summed E-state index contributed by atoms with van der Waals surface area (Å²) in [6.07, 6.45) is 0. The van der Waals surface area contributed by atoms with E-state index < -0.39 is 4.92 Å². The van der Waals surface area contributed by atoms with E-state index in [4.69, 9.17) is 23.8 Å². The molecule has 0 radical (unpaired) electrons. The number of nitro groups is 1. The van der Waals surface area contributed by atoms with Crippen molar-refractivity contribution in [2.75, 3.05) is 5.32 Å². The van der Waals surface area contributed by atoms with Gasteiger partial charge in [0.1, 0.15) is 5.02 Å². The lowest BCUT2D eigenvalue weighted by molar-refractivity contribution is -0.384. The fourth-order valence-corrected chi connectivity index (χ4v) is 2.64. The van der Waals surface area contributed by atoms with E-state index in [1.165, 1.54) is 18.2 Å². The summed E-state index contributed by atoms with van der Waals surface area (Å²) in [6.45, 7) is 0. The van der Waals surface area contributed by atoms with Crippen LogP contribution in [0.15, 0.2) is 42.5 Å². The predicted molar refractivity (Wildman–Crippen MR) is 101 cm³/mol. The minimum atomic E-state index is -0.596. The number of nitro benzene ring substituents is 1. The van der Waals surface area contributed by atoms with Gasteiger partial charge in [-0.15, -0.1) is 0 Å². The van der Waals surface area contributed by atoms with Crippen molar-refractivity contribution in [3.63, 3.8) is 0 Å². The molecule has 0 fully saturated rings. The zero-order valence-electron chi connectivity index (χ0n) is 11.4. The Kier molecular flexibility index (Phi) is 5.85. The zero-order valence-corrected chi connectivity index (χ0v) is 15.1. The Labute approximate surface area is 155 Å². The summed E-state index contributed by atoms with van der Waals surface area (Å²) in [5.41, 5.74) is 0.570. The number of hydrogen-bond donors (Lipinski definition) is 2. The van der Waals surface area contributed by atoms with Gasteiger partial charge in [0.25, 0.3) is 11.6 Å². The average Bonchev–Trinajstić information content (AvgIpc) is 2.48. The first kappa shape index (κ1) is 17.6. The number of carbonyl (C=O) groups is 1. The molecule has 0 aromatic heterocycles. The van der Waals surface area contributed by atoms with Gasteiger partial charge in [0.05, 0.1) is 4.92 Å². The fourth-order valence-electron chi connectivity index (χ4n) is 1.70. The Bertz CT molecular complexity index is 801. The van der Waals surface area contributed by atoms with Gasteiger partial charge in [-0.25, -0.2) is 0 Å². The van der Waals surface area contributed by atoms with Crippen LogP contribution >= 0.6 is 46.4 Å². The lowest BCUT2D eigenvalue weighted by Gasteiger charge is -2.10. The normalized spacial score (nSPS) is 10.0. The SMILES string of the molecule is O=C(NC(=S)Nc1ccc(Cl)c([N+](=O)[O-])c1)c1cccc(I)c1. The Hall–Kier alpha value is -1.78. The van der Waals surface area contributed by atoms with Crippen molar-refractivity contribution >= 4 is 68.8 Å². The van der Waals surface area contributed by atoms with E-state index >= 15 is 0 Å². The third-order valence-corrected chi connectivity index (χ3v) is 3.91. The summed E-state index contributed by atoms with van der Waals surface area (Å²) in [6, 6.07) is 11.1. The Morgan fingerprint density at radius 1 is 1.26 bits per heavy atom. The van der Waals surface area contributed by atoms with Gasteiger partial charge in [-0.1, -0.05) is 17.7 Å². The molecule has 0 saturated carbocycles. The van der Waals surface area contributed by atoms with Crippen LogP contribution in [-0.4, -0.2) is 15.9 Å². The number of nitrogens with zero attached hydrogens (tertiary/aromatic N) is 1. The van der Waals surface area contributed by atoms with E-state index in [2.05, 4.69) is 33.2 Å². The van der Waals surface area contributed by atoms with Crippen LogP contribution in [0.3, 0.4) is 0 Å². The van der Waals surface area contributed by atoms with E-state index in [0.717, 1.165) is 3.57 Å². The number of hydrogen-bond acceptors (Lipinski definition) is 4. The number of halogens is 2. The van der Waals surface area contributed by atoms with Crippen molar-refractivity contribution in [1.29, 1.82) is 0 Å². The third kappa shape index (κ3) is 4.85. The molecule has 0 saturated heterocycles. The standard InChI is InChI=1S/C14H9ClIN3O3S/c15-11-5-4-10(7-12(11)19(21)22)17-14(23)18-13(20)8-2-1-3-9(16)6-8/h1-7H,(H2,17,18,20,23). The van der Waals surface area contributed by atoms with Crippen molar-refractivity contribution in [2.45, 2.75) is 0 Å². The van der Waals surface area contributed by atoms with Gasteiger partial charge in [-0.05, 0) is 65.1 Å². The topological polar surface area (TPSA) is 84.3 Å². The van der Waals surface area contributed by atoms with E-state index in [-0.39, 0.29) is 21.7 Å². The van der Waals surface area contributed by atoms with Crippen LogP contribution in [0.2, 0.25) is 5.02 Å². The number of rotatable bonds is 3. The summed E-state index contributed by atoms with van der Waals surface area (Å²) in [4.78, 5) is 22.3. The number of carbonyl (C=O) groups excluding carboxylic acids is 1. The molecular formula is C14H9ClIN3O3S. The second-order valence-corrected chi connectivity index (χ2v) is 6.40. The molecule has 2 aromatic rings. The summed E-state index contributed by atoms with van der Waals surface area (Å²) in [7, 11) is 0. The largest absolute Gasteiger partial charge is 0.332 e. The van der Waals surface area contributed by atoms with Crippen LogP contribution in [0, 0.1) is 13.7 Å². The van der Waals surface area contributed by atoms with Crippen molar-refractivity contribution in [2.24, 2.45) is 0 Å². The number of nitrogens with one attached hydrogen (secondary N) is 2. The monoisotopic (exact) mass is 461 g/mol. The molecule has 23 heavy (non-hydrogen) atoms. The smallest absolute Gasteiger partial charge is 0.289 e. The summed E-state index contributed by atoms with van der Waals surface area (Å²) < 4.78 is 0.919. The highest BCUT2D eigenvalue weighted by Crippen LogP contribution is 2.27. The molecule has 0 aliphatic carbocycles. The van der Waals surface area contributed by atoms with Crippen molar-refractivity contribution in [3.8, 4) is 0 Å². The molecule has 0 aliphatic rings. The summed E-state index contributed by atoms with van der Waals surface area (Å²) in [5, 5.41) is 16.1. The average molecular weight is 462 g/mol. The number of amides is 1. The molecule has 2 aromatic carbocycles. The van der Waals surface area contributed by atoms with E-state index in [1.54, 1.807) is 18.2 Å². The lowest BCUT2D eigenvalue weighted by Crippen LogP contribution is -2.34. The maximum atomic E-state index is 12.1. The molecule has 2 N–H and O–H groups in total. The quantitative estimate of drug-likeness (QED) is 0.313. The highest BCUT2D eigenvalue weighted by Gasteiger charge is 2.14. The number of anilines is 1. The van der Waals surface area contributed by atoms with Crippen LogP contribution in [-0.2, 0) is 0 Å². The minimum Gasteiger partial charge on any atom is -0.332 e. The van der Waals surface area contributed by atoms with Gasteiger partial charge in [0, 0.05) is 20.9 Å². The van der Waals surface area contributed by atoms with Crippen LogP contribution in [0.5, 0.6) is 0 Å². The van der Waals surface area contributed by atoms with Crippen molar-refractivity contribution in [1.82, 2.24) is 5.32 Å². The van der Waals surface area contributed by atoms with Gasteiger partial charge in [0.15, 0.2) is 5.11 Å². The van der Waals surface area contributed by atoms with Gasteiger partial charge in [-0.2, -0.15) is 0 Å². The Morgan fingerprint density at radius 2 is 2.00 bits per heavy atom. The van der Waals surface area contributed by atoms with E-state index in [1.807, 2.05) is 6.07 Å². The molecule has 0 bridgehead atoms. The molecule has 0 unspecified atom stereocenters. The Morgan fingerprint density at radius 3 is 2.65 bits per heavy atom. The predicted octanol–water partition coefficient (Wildman–Crippen LogP) is 3.98. The van der Waals surface area contributed by atoms with Gasteiger partial charge < -0.3 is 5.32 Å². The number of benzene rings is 2. The lowest BCUT2D eigenvalue weighted by atomic mass is 10.2. The first-order valence-corrected chi connectivity index (χ1v) is 8.05. The highest BCUT2D eigenvalue weighted by molar-refractivity contribution is 14.1. The summed E-state index contributed by atoms with van der Waals surface area (Å²) >= 11 is 12.9. The van der Waals surface area contributed by atoms with Gasteiger partial charge in [0.2, 0.25) is 0 Å². The molecule has 2 rings (SSSR count). The summed E-state index contributed by atoms with van der Waals surface area (Å²) in [5.74, 6) is -0.371. The minimum absolute atomic E-state index is 0.0226. The molecule has 0 spiro atoms. The van der Waals surface area contributed by atoms with Crippen LogP contribution in [0.25, 0.3) is 0 Å². The maximum absolute atomic E-state index is 12.1. The van der Waals surface area contributed by atoms with Crippen molar-refractivity contribution < 1.29 is 9.72 Å². The third-order valence-electron chi connectivity index (χ3n) is 2.71. The fraction of sp³-hybridized carbons (Fsp3) is 0. The molecule has 0 atom stereocenters. The van der Waals surface area contributed by atoms with Gasteiger partial charge in [-0.3, -0.25) is 20.2 Å².